The minimum Gasteiger partial charge on any atom is -0.494 e. The third-order valence-corrected chi connectivity index (χ3v) is 5.35. The number of hydrogen-bond acceptors (Lipinski definition) is 6. The van der Waals surface area contributed by atoms with E-state index in [2.05, 4.69) is 30.8 Å². The van der Waals surface area contributed by atoms with Crippen molar-refractivity contribution in [1.29, 1.82) is 0 Å². The quantitative estimate of drug-likeness (QED) is 0.159. The average Bonchev–Trinajstić information content (AvgIpc) is 2.92. The molecule has 0 aliphatic heterocycles. The van der Waals surface area contributed by atoms with Crippen molar-refractivity contribution in [3.8, 4) is 17.2 Å². The molecule has 6 heteroatoms. The molecule has 0 heterocycles. The predicted octanol–water partition coefficient (Wildman–Crippen LogP) is 5.64. The highest BCUT2D eigenvalue weighted by Crippen LogP contribution is 2.19. The molecule has 0 aliphatic carbocycles. The van der Waals surface area contributed by atoms with Crippen LogP contribution in [0.1, 0.15) is 35.2 Å². The molecule has 1 unspecified atom stereocenters. The summed E-state index contributed by atoms with van der Waals surface area (Å²) in [6, 6.07) is 24.4. The molecule has 0 saturated heterocycles. The molecular formula is C30H34O6. The van der Waals surface area contributed by atoms with Gasteiger partial charge in [0.1, 0.15) is 43.2 Å². The summed E-state index contributed by atoms with van der Waals surface area (Å²) in [5, 5.41) is 10.2. The molecule has 0 saturated carbocycles. The molecular weight excluding hydrogens is 456 g/mol. The Morgan fingerprint density at radius 3 is 1.97 bits per heavy atom. The summed E-state index contributed by atoms with van der Waals surface area (Å²) < 4.78 is 22.0. The Hall–Kier alpha value is -3.77. The zero-order chi connectivity index (χ0) is 25.4. The monoisotopic (exact) mass is 490 g/mol. The lowest BCUT2D eigenvalue weighted by Gasteiger charge is -2.14. The summed E-state index contributed by atoms with van der Waals surface area (Å²) in [7, 11) is 0. The molecule has 0 amide bonds. The molecule has 0 bridgehead atoms. The summed E-state index contributed by atoms with van der Waals surface area (Å²) >= 11 is 0. The Kier molecular flexibility index (Phi) is 11.4. The molecule has 3 rings (SSSR count). The number of benzene rings is 3. The zero-order valence-electron chi connectivity index (χ0n) is 20.5. The largest absolute Gasteiger partial charge is 0.494 e. The fourth-order valence-electron chi connectivity index (χ4n) is 3.41. The van der Waals surface area contributed by atoms with Crippen LogP contribution in [0.2, 0.25) is 0 Å². The van der Waals surface area contributed by atoms with Gasteiger partial charge in [-0.25, -0.2) is 4.79 Å². The second kappa shape index (κ2) is 15.3. The van der Waals surface area contributed by atoms with E-state index in [9.17, 15) is 9.90 Å². The maximum atomic E-state index is 11.8. The topological polar surface area (TPSA) is 74.2 Å². The number of carbonyl (C=O) groups is 1. The molecule has 1 atom stereocenters. The van der Waals surface area contributed by atoms with Gasteiger partial charge >= 0.3 is 5.97 Å². The normalized spacial score (nSPS) is 11.4. The first-order valence-corrected chi connectivity index (χ1v) is 12.2. The number of rotatable bonds is 16. The third-order valence-electron chi connectivity index (χ3n) is 5.35. The van der Waals surface area contributed by atoms with Crippen molar-refractivity contribution in [2.24, 2.45) is 0 Å². The van der Waals surface area contributed by atoms with E-state index in [4.69, 9.17) is 18.9 Å². The highest BCUT2D eigenvalue weighted by Gasteiger charge is 2.09. The van der Waals surface area contributed by atoms with Crippen LogP contribution in [-0.4, -0.2) is 43.6 Å². The first kappa shape index (κ1) is 26.8. The van der Waals surface area contributed by atoms with Gasteiger partial charge in [-0.1, -0.05) is 43.0 Å². The van der Waals surface area contributed by atoms with Crippen molar-refractivity contribution in [1.82, 2.24) is 0 Å². The first-order valence-electron chi connectivity index (χ1n) is 12.2. The third kappa shape index (κ3) is 9.84. The van der Waals surface area contributed by atoms with Crippen molar-refractivity contribution >= 4 is 5.97 Å². The van der Waals surface area contributed by atoms with Crippen LogP contribution in [-0.2, 0) is 11.2 Å². The second-order valence-corrected chi connectivity index (χ2v) is 8.30. The van der Waals surface area contributed by atoms with E-state index in [1.165, 1.54) is 11.6 Å². The molecule has 3 aromatic rings. The van der Waals surface area contributed by atoms with Crippen molar-refractivity contribution in [3.05, 3.63) is 103 Å². The van der Waals surface area contributed by atoms with Gasteiger partial charge in [0.25, 0.3) is 0 Å². The van der Waals surface area contributed by atoms with Crippen molar-refractivity contribution in [2.75, 3.05) is 26.4 Å². The van der Waals surface area contributed by atoms with E-state index in [0.29, 0.717) is 23.7 Å². The summed E-state index contributed by atoms with van der Waals surface area (Å²) in [6.45, 7) is 4.50. The number of unbranched alkanes of at least 4 members (excludes halogenated alkanes) is 2. The number of aliphatic hydroxyl groups is 1. The van der Waals surface area contributed by atoms with Gasteiger partial charge in [-0.3, -0.25) is 0 Å². The lowest BCUT2D eigenvalue weighted by Crippen LogP contribution is -2.25. The van der Waals surface area contributed by atoms with Crippen LogP contribution >= 0.6 is 0 Å². The Morgan fingerprint density at radius 2 is 1.36 bits per heavy atom. The second-order valence-electron chi connectivity index (χ2n) is 8.30. The smallest absolute Gasteiger partial charge is 0.338 e. The van der Waals surface area contributed by atoms with E-state index in [-0.39, 0.29) is 19.8 Å². The van der Waals surface area contributed by atoms with Crippen molar-refractivity contribution in [2.45, 2.75) is 31.8 Å². The fourth-order valence-corrected chi connectivity index (χ4v) is 3.41. The maximum absolute atomic E-state index is 11.8. The van der Waals surface area contributed by atoms with Gasteiger partial charge in [0.15, 0.2) is 0 Å². The van der Waals surface area contributed by atoms with E-state index >= 15 is 0 Å². The van der Waals surface area contributed by atoms with Gasteiger partial charge in [-0.2, -0.15) is 0 Å². The Bertz CT molecular complexity index is 1030. The number of hydrogen-bond donors (Lipinski definition) is 1. The molecule has 0 aromatic heterocycles. The summed E-state index contributed by atoms with van der Waals surface area (Å²) in [6.07, 6.45) is 5.10. The first-order chi connectivity index (χ1) is 17.6. The van der Waals surface area contributed by atoms with Crippen LogP contribution in [0.4, 0.5) is 0 Å². The van der Waals surface area contributed by atoms with Crippen LogP contribution in [0.15, 0.2) is 91.5 Å². The Morgan fingerprint density at radius 1 is 0.778 bits per heavy atom. The molecule has 0 fully saturated rings. The molecule has 36 heavy (non-hydrogen) atoms. The summed E-state index contributed by atoms with van der Waals surface area (Å²) in [5.41, 5.74) is 1.80. The van der Waals surface area contributed by atoms with Crippen LogP contribution in [0.5, 0.6) is 17.2 Å². The van der Waals surface area contributed by atoms with Gasteiger partial charge in [0, 0.05) is 0 Å². The minimum atomic E-state index is -0.811. The van der Waals surface area contributed by atoms with Crippen molar-refractivity contribution < 1.29 is 28.8 Å². The molecule has 0 aliphatic rings. The van der Waals surface area contributed by atoms with Gasteiger partial charge in [0.2, 0.25) is 0 Å². The van der Waals surface area contributed by atoms with Crippen LogP contribution in [0.25, 0.3) is 0 Å². The van der Waals surface area contributed by atoms with Gasteiger partial charge in [0.05, 0.1) is 12.2 Å². The average molecular weight is 491 g/mol. The van der Waals surface area contributed by atoms with E-state index in [1.807, 2.05) is 30.3 Å². The van der Waals surface area contributed by atoms with Crippen LogP contribution < -0.4 is 14.2 Å². The van der Waals surface area contributed by atoms with E-state index < -0.39 is 12.1 Å². The molecule has 0 radical (unpaired) electrons. The summed E-state index contributed by atoms with van der Waals surface area (Å²) in [4.78, 5) is 11.8. The van der Waals surface area contributed by atoms with E-state index in [1.54, 1.807) is 24.3 Å². The zero-order valence-corrected chi connectivity index (χ0v) is 20.5. The number of ether oxygens (including phenoxy) is 4. The van der Waals surface area contributed by atoms with E-state index in [0.717, 1.165) is 31.4 Å². The van der Waals surface area contributed by atoms with Gasteiger partial charge < -0.3 is 24.1 Å². The predicted molar refractivity (Wildman–Crippen MR) is 140 cm³/mol. The molecule has 6 nitrogen and oxygen atoms in total. The van der Waals surface area contributed by atoms with Crippen LogP contribution in [0.3, 0.4) is 0 Å². The van der Waals surface area contributed by atoms with Crippen LogP contribution in [0, 0.1) is 0 Å². The SMILES string of the molecule is C=CCOC(=O)c1ccc(OCC(O)COc2ccc(OCCCCCc3ccccc3)cc2)cc1. The fraction of sp³-hybridized carbons (Fsp3) is 0.300. The minimum absolute atomic E-state index is 0.0612. The van der Waals surface area contributed by atoms with Gasteiger partial charge in [-0.15, -0.1) is 0 Å². The lowest BCUT2D eigenvalue weighted by molar-refractivity contribution is 0.0548. The molecule has 0 spiro atoms. The maximum Gasteiger partial charge on any atom is 0.338 e. The molecule has 3 aromatic carbocycles. The number of esters is 1. The molecule has 1 N–H and O–H groups in total. The summed E-state index contributed by atoms with van der Waals surface area (Å²) in [5.74, 6) is 1.55. The Balaban J connectivity index is 1.27. The standard InChI is InChI=1S/C30H34O6/c1-2-20-34-30(32)25-12-14-28(15-13-25)35-22-26(31)23-36-29-18-16-27(17-19-29)33-21-8-4-7-11-24-9-5-3-6-10-24/h2-3,5-6,9-10,12-19,26,31H,1,4,7-8,11,20-23H2. The Labute approximate surface area is 213 Å². The molecule has 190 valence electrons. The number of carbonyl (C=O) groups excluding carboxylic acids is 1. The van der Waals surface area contributed by atoms with Gasteiger partial charge in [-0.05, 0) is 79.8 Å². The van der Waals surface area contributed by atoms with Crippen molar-refractivity contribution in [3.63, 3.8) is 0 Å². The number of aryl methyl sites for hydroxylation is 1. The lowest BCUT2D eigenvalue weighted by atomic mass is 10.1. The number of aliphatic hydroxyl groups excluding tert-OH is 1. The highest BCUT2D eigenvalue weighted by atomic mass is 16.5. The highest BCUT2D eigenvalue weighted by molar-refractivity contribution is 5.89.